The lowest BCUT2D eigenvalue weighted by atomic mass is 9.95. The fraction of sp³-hybridized carbons (Fsp3) is 0.364. The number of nitrogens with one attached hydrogen (secondary N) is 1. The predicted octanol–water partition coefficient (Wildman–Crippen LogP) is 2.44. The number of amides is 2. The van der Waals surface area contributed by atoms with E-state index in [4.69, 9.17) is 10.5 Å². The molecule has 0 saturated carbocycles. The van der Waals surface area contributed by atoms with Crippen molar-refractivity contribution in [1.29, 1.82) is 0 Å². The van der Waals surface area contributed by atoms with Gasteiger partial charge >= 0.3 is 0 Å². The summed E-state index contributed by atoms with van der Waals surface area (Å²) in [6.07, 6.45) is 1.78. The van der Waals surface area contributed by atoms with E-state index in [-0.39, 0.29) is 17.7 Å². The van der Waals surface area contributed by atoms with Gasteiger partial charge in [0.15, 0.2) is 0 Å². The van der Waals surface area contributed by atoms with Gasteiger partial charge in [0.05, 0.1) is 18.8 Å². The van der Waals surface area contributed by atoms with Crippen molar-refractivity contribution in [1.82, 2.24) is 4.90 Å². The normalized spacial score (nSPS) is 15.7. The van der Waals surface area contributed by atoms with Crippen molar-refractivity contribution in [3.05, 3.63) is 60.2 Å². The Labute approximate surface area is 165 Å². The fourth-order valence-electron chi connectivity index (χ4n) is 3.53. The van der Waals surface area contributed by atoms with Crippen LogP contribution in [0.4, 0.5) is 5.69 Å². The van der Waals surface area contributed by atoms with E-state index in [0.717, 1.165) is 5.56 Å². The van der Waals surface area contributed by atoms with Crippen molar-refractivity contribution in [2.75, 3.05) is 25.5 Å². The molecular formula is C22H27N3O3. The van der Waals surface area contributed by atoms with Crippen molar-refractivity contribution < 1.29 is 14.3 Å². The summed E-state index contributed by atoms with van der Waals surface area (Å²) in [5, 5.41) is 2.94. The second kappa shape index (κ2) is 9.37. The van der Waals surface area contributed by atoms with Gasteiger partial charge in [-0.1, -0.05) is 42.5 Å². The third kappa shape index (κ3) is 4.89. The van der Waals surface area contributed by atoms with Crippen LogP contribution >= 0.6 is 0 Å². The fourth-order valence-corrected chi connectivity index (χ4v) is 3.53. The quantitative estimate of drug-likeness (QED) is 0.805. The Hall–Kier alpha value is -2.86. The standard InChI is InChI=1S/C22H27N3O3/c1-28-20-10-6-5-9-19(20)24-21(26)17-11-13-25(14-12-17)22(27)18(23)15-16-7-3-2-4-8-16/h2-10,17-18H,11-15,23H2,1H3,(H,24,26). The van der Waals surface area contributed by atoms with Crippen molar-refractivity contribution in [3.8, 4) is 5.75 Å². The van der Waals surface area contributed by atoms with E-state index in [1.54, 1.807) is 12.0 Å². The molecule has 28 heavy (non-hydrogen) atoms. The number of hydrogen-bond donors (Lipinski definition) is 2. The Morgan fingerprint density at radius 2 is 1.75 bits per heavy atom. The van der Waals surface area contributed by atoms with E-state index >= 15 is 0 Å². The van der Waals surface area contributed by atoms with E-state index in [1.807, 2.05) is 54.6 Å². The van der Waals surface area contributed by atoms with Crippen LogP contribution in [-0.2, 0) is 16.0 Å². The number of nitrogens with two attached hydrogens (primary N) is 1. The van der Waals surface area contributed by atoms with Gasteiger partial charge in [0.2, 0.25) is 11.8 Å². The number of rotatable bonds is 6. The Morgan fingerprint density at radius 3 is 2.43 bits per heavy atom. The summed E-state index contributed by atoms with van der Waals surface area (Å²) in [6.45, 7) is 1.09. The Bertz CT molecular complexity index is 802. The summed E-state index contributed by atoms with van der Waals surface area (Å²) in [4.78, 5) is 27.0. The van der Waals surface area contributed by atoms with Gasteiger partial charge in [-0.15, -0.1) is 0 Å². The van der Waals surface area contributed by atoms with E-state index in [2.05, 4.69) is 5.32 Å². The third-order valence-electron chi connectivity index (χ3n) is 5.16. The van der Waals surface area contributed by atoms with E-state index in [1.165, 1.54) is 0 Å². The summed E-state index contributed by atoms with van der Waals surface area (Å²) in [7, 11) is 1.58. The van der Waals surface area contributed by atoms with Crippen molar-refractivity contribution in [3.63, 3.8) is 0 Å². The second-order valence-electron chi connectivity index (χ2n) is 7.09. The maximum Gasteiger partial charge on any atom is 0.239 e. The van der Waals surface area contributed by atoms with Gasteiger partial charge in [0, 0.05) is 19.0 Å². The first-order valence-corrected chi connectivity index (χ1v) is 9.60. The maximum absolute atomic E-state index is 12.6. The van der Waals surface area contributed by atoms with Crippen LogP contribution in [0.1, 0.15) is 18.4 Å². The van der Waals surface area contributed by atoms with E-state index < -0.39 is 6.04 Å². The molecule has 6 heteroatoms. The number of ether oxygens (including phenoxy) is 1. The van der Waals surface area contributed by atoms with Gasteiger partial charge < -0.3 is 20.7 Å². The predicted molar refractivity (Wildman–Crippen MR) is 109 cm³/mol. The highest BCUT2D eigenvalue weighted by atomic mass is 16.5. The van der Waals surface area contributed by atoms with Gasteiger partial charge in [-0.3, -0.25) is 9.59 Å². The highest BCUT2D eigenvalue weighted by Crippen LogP contribution is 2.26. The van der Waals surface area contributed by atoms with Crippen molar-refractivity contribution in [2.24, 2.45) is 11.7 Å². The molecule has 1 aliphatic rings. The average molecular weight is 381 g/mol. The number of likely N-dealkylation sites (tertiary alicyclic amines) is 1. The van der Waals surface area contributed by atoms with Crippen LogP contribution in [0.25, 0.3) is 0 Å². The monoisotopic (exact) mass is 381 g/mol. The van der Waals surface area contributed by atoms with Crippen molar-refractivity contribution in [2.45, 2.75) is 25.3 Å². The number of carbonyl (C=O) groups excluding carboxylic acids is 2. The van der Waals surface area contributed by atoms with E-state index in [9.17, 15) is 9.59 Å². The number of anilines is 1. The smallest absolute Gasteiger partial charge is 0.239 e. The van der Waals surface area contributed by atoms with Crippen LogP contribution in [0.5, 0.6) is 5.75 Å². The Kier molecular flexibility index (Phi) is 6.66. The van der Waals surface area contributed by atoms with Crippen LogP contribution in [0.15, 0.2) is 54.6 Å². The first-order valence-electron chi connectivity index (χ1n) is 9.60. The van der Waals surface area contributed by atoms with Crippen molar-refractivity contribution >= 4 is 17.5 Å². The molecule has 2 amide bonds. The zero-order chi connectivity index (χ0) is 19.9. The largest absolute Gasteiger partial charge is 0.495 e. The molecule has 0 aromatic heterocycles. The van der Waals surface area contributed by atoms with Gasteiger partial charge in [-0.2, -0.15) is 0 Å². The molecule has 1 unspecified atom stereocenters. The summed E-state index contributed by atoms with van der Waals surface area (Å²) in [5.41, 5.74) is 7.84. The molecule has 1 atom stereocenters. The van der Waals surface area contributed by atoms with Crippen LogP contribution in [0.3, 0.4) is 0 Å². The minimum atomic E-state index is -0.554. The maximum atomic E-state index is 12.6. The topological polar surface area (TPSA) is 84.7 Å². The molecular weight excluding hydrogens is 354 g/mol. The molecule has 1 heterocycles. The van der Waals surface area contributed by atoms with Gasteiger partial charge in [0.25, 0.3) is 0 Å². The zero-order valence-corrected chi connectivity index (χ0v) is 16.1. The summed E-state index contributed by atoms with van der Waals surface area (Å²) in [6, 6.07) is 16.6. The lowest BCUT2D eigenvalue weighted by molar-refractivity contribution is -0.135. The molecule has 148 valence electrons. The first kappa shape index (κ1) is 19.9. The summed E-state index contributed by atoms with van der Waals surface area (Å²) < 4.78 is 5.28. The summed E-state index contributed by atoms with van der Waals surface area (Å²) >= 11 is 0. The van der Waals surface area contributed by atoms with Crippen LogP contribution < -0.4 is 15.8 Å². The first-order chi connectivity index (χ1) is 13.6. The van der Waals surface area contributed by atoms with E-state index in [0.29, 0.717) is 43.8 Å². The Balaban J connectivity index is 1.51. The molecule has 1 fully saturated rings. The molecule has 0 bridgehead atoms. The number of nitrogens with zero attached hydrogens (tertiary/aromatic N) is 1. The number of hydrogen-bond acceptors (Lipinski definition) is 4. The van der Waals surface area contributed by atoms with Gasteiger partial charge in [-0.25, -0.2) is 0 Å². The van der Waals surface area contributed by atoms with Crippen LogP contribution in [0.2, 0.25) is 0 Å². The number of carbonyl (C=O) groups is 2. The summed E-state index contributed by atoms with van der Waals surface area (Å²) in [5.74, 6) is 0.423. The molecule has 1 saturated heterocycles. The SMILES string of the molecule is COc1ccccc1NC(=O)C1CCN(C(=O)C(N)Cc2ccccc2)CC1. The average Bonchev–Trinajstić information content (AvgIpc) is 2.74. The number of methoxy groups -OCH3 is 1. The second-order valence-corrected chi connectivity index (χ2v) is 7.09. The van der Waals surface area contributed by atoms with Gasteiger partial charge in [0.1, 0.15) is 5.75 Å². The zero-order valence-electron chi connectivity index (χ0n) is 16.1. The molecule has 3 rings (SSSR count). The molecule has 2 aromatic carbocycles. The molecule has 1 aliphatic heterocycles. The Morgan fingerprint density at radius 1 is 1.11 bits per heavy atom. The molecule has 0 spiro atoms. The molecule has 6 nitrogen and oxygen atoms in total. The molecule has 0 radical (unpaired) electrons. The minimum absolute atomic E-state index is 0.0369. The molecule has 0 aliphatic carbocycles. The molecule has 2 aromatic rings. The van der Waals surface area contributed by atoms with Crippen LogP contribution in [-0.4, -0.2) is 43.0 Å². The highest BCUT2D eigenvalue weighted by Gasteiger charge is 2.29. The minimum Gasteiger partial charge on any atom is -0.495 e. The lowest BCUT2D eigenvalue weighted by Gasteiger charge is -2.33. The van der Waals surface area contributed by atoms with Crippen LogP contribution in [0, 0.1) is 5.92 Å². The van der Waals surface area contributed by atoms with Gasteiger partial charge in [-0.05, 0) is 37.0 Å². The highest BCUT2D eigenvalue weighted by molar-refractivity contribution is 5.94. The lowest BCUT2D eigenvalue weighted by Crippen LogP contribution is -2.49. The third-order valence-corrected chi connectivity index (χ3v) is 5.16. The number of piperidine rings is 1. The molecule has 3 N–H and O–H groups in total. The number of benzene rings is 2. The number of para-hydroxylation sites is 2.